The number of nitrogens with zero attached hydrogens (tertiary/aromatic N) is 1. The highest BCUT2D eigenvalue weighted by atomic mass is 127. The topological polar surface area (TPSA) is 73.3 Å². The van der Waals surface area contributed by atoms with Crippen molar-refractivity contribution in [2.24, 2.45) is 4.99 Å². The summed E-state index contributed by atoms with van der Waals surface area (Å²) in [6, 6.07) is 6.01. The lowest BCUT2D eigenvalue weighted by Crippen LogP contribution is -2.37. The fourth-order valence-electron chi connectivity index (χ4n) is 3.87. The van der Waals surface area contributed by atoms with Crippen LogP contribution in [0.2, 0.25) is 0 Å². The van der Waals surface area contributed by atoms with E-state index in [0.717, 1.165) is 74.9 Å². The lowest BCUT2D eigenvalue weighted by atomic mass is 10.2. The lowest BCUT2D eigenvalue weighted by molar-refractivity contribution is 0.0168. The number of nitrogens with one attached hydrogen (secondary N) is 2. The highest BCUT2D eigenvalue weighted by molar-refractivity contribution is 14.0. The van der Waals surface area contributed by atoms with Gasteiger partial charge in [0.05, 0.1) is 25.9 Å². The van der Waals surface area contributed by atoms with Gasteiger partial charge in [0.2, 0.25) is 0 Å². The van der Waals surface area contributed by atoms with Crippen LogP contribution in [0.3, 0.4) is 0 Å². The molecular formula is C23H38IN3O4. The molecule has 0 bridgehead atoms. The van der Waals surface area contributed by atoms with Crippen molar-refractivity contribution in [2.45, 2.75) is 63.7 Å². The van der Waals surface area contributed by atoms with Gasteiger partial charge in [-0.05, 0) is 57.1 Å². The molecule has 0 radical (unpaired) electrons. The van der Waals surface area contributed by atoms with Crippen molar-refractivity contribution in [3.63, 3.8) is 0 Å². The monoisotopic (exact) mass is 547 g/mol. The van der Waals surface area contributed by atoms with Gasteiger partial charge in [-0.25, -0.2) is 0 Å². The summed E-state index contributed by atoms with van der Waals surface area (Å²) in [6.45, 7) is 3.75. The number of aliphatic imine (C=N–C) groups is 1. The molecule has 1 unspecified atom stereocenters. The molecule has 0 spiro atoms. The summed E-state index contributed by atoms with van der Waals surface area (Å²) in [4.78, 5) is 4.32. The Labute approximate surface area is 203 Å². The van der Waals surface area contributed by atoms with Crippen molar-refractivity contribution >= 4 is 29.9 Å². The minimum atomic E-state index is 0. The van der Waals surface area contributed by atoms with E-state index in [4.69, 9.17) is 18.9 Å². The van der Waals surface area contributed by atoms with Crippen LogP contribution in [-0.2, 0) is 16.0 Å². The predicted octanol–water partition coefficient (Wildman–Crippen LogP) is 3.89. The molecule has 2 fully saturated rings. The van der Waals surface area contributed by atoms with Crippen LogP contribution in [0.4, 0.5) is 0 Å². The quantitative estimate of drug-likeness (QED) is 0.190. The Morgan fingerprint density at radius 2 is 2.00 bits per heavy atom. The Balaban J connectivity index is 0.00000341. The van der Waals surface area contributed by atoms with Gasteiger partial charge in [-0.15, -0.1) is 24.0 Å². The SMILES string of the molecule is CN=C(NCCCOCC1CCCO1)NCc1ccc(OC)cc1OC1CCCC1.I. The molecule has 2 aliphatic rings. The van der Waals surface area contributed by atoms with Crippen molar-refractivity contribution in [1.29, 1.82) is 0 Å². The van der Waals surface area contributed by atoms with Crippen LogP contribution in [0.5, 0.6) is 11.5 Å². The fourth-order valence-corrected chi connectivity index (χ4v) is 3.87. The van der Waals surface area contributed by atoms with Gasteiger partial charge in [0.25, 0.3) is 0 Å². The van der Waals surface area contributed by atoms with Crippen molar-refractivity contribution < 1.29 is 18.9 Å². The van der Waals surface area contributed by atoms with Gasteiger partial charge in [-0.2, -0.15) is 0 Å². The van der Waals surface area contributed by atoms with Gasteiger partial charge in [0.1, 0.15) is 11.5 Å². The molecular weight excluding hydrogens is 509 g/mol. The van der Waals surface area contributed by atoms with Crippen molar-refractivity contribution in [1.82, 2.24) is 10.6 Å². The van der Waals surface area contributed by atoms with Gasteiger partial charge in [0.15, 0.2) is 5.96 Å². The van der Waals surface area contributed by atoms with Crippen molar-refractivity contribution in [3.8, 4) is 11.5 Å². The van der Waals surface area contributed by atoms with Crippen LogP contribution in [-0.4, -0.2) is 58.7 Å². The zero-order valence-corrected chi connectivity index (χ0v) is 21.2. The Hall–Kier alpha value is -1.26. The number of hydrogen-bond donors (Lipinski definition) is 2. The highest BCUT2D eigenvalue weighted by Gasteiger charge is 2.18. The summed E-state index contributed by atoms with van der Waals surface area (Å²) in [6.07, 6.45) is 8.54. The molecule has 1 aromatic carbocycles. The van der Waals surface area contributed by atoms with Crippen LogP contribution < -0.4 is 20.1 Å². The first-order valence-electron chi connectivity index (χ1n) is 11.3. The molecule has 1 atom stereocenters. The molecule has 8 heteroatoms. The van der Waals surface area contributed by atoms with E-state index in [1.54, 1.807) is 14.2 Å². The van der Waals surface area contributed by atoms with Gasteiger partial charge in [-0.1, -0.05) is 0 Å². The molecule has 31 heavy (non-hydrogen) atoms. The van der Waals surface area contributed by atoms with Crippen LogP contribution in [0, 0.1) is 0 Å². The number of guanidine groups is 1. The zero-order chi connectivity index (χ0) is 21.0. The van der Waals surface area contributed by atoms with E-state index in [1.165, 1.54) is 12.8 Å². The van der Waals surface area contributed by atoms with E-state index in [2.05, 4.69) is 21.7 Å². The molecule has 176 valence electrons. The Morgan fingerprint density at radius 3 is 2.71 bits per heavy atom. The molecule has 0 aromatic heterocycles. The average Bonchev–Trinajstić information content (AvgIpc) is 3.47. The molecule has 0 amide bonds. The maximum atomic E-state index is 6.28. The Morgan fingerprint density at radius 1 is 1.16 bits per heavy atom. The van der Waals surface area contributed by atoms with Crippen LogP contribution in [0.15, 0.2) is 23.2 Å². The van der Waals surface area contributed by atoms with Gasteiger partial charge in [0, 0.05) is 45.0 Å². The first-order valence-corrected chi connectivity index (χ1v) is 11.3. The lowest BCUT2D eigenvalue weighted by Gasteiger charge is -2.19. The third kappa shape index (κ3) is 9.02. The van der Waals surface area contributed by atoms with Crippen molar-refractivity contribution in [3.05, 3.63) is 23.8 Å². The molecule has 1 saturated heterocycles. The second kappa shape index (κ2) is 14.7. The fraction of sp³-hybridized carbons (Fsp3) is 0.696. The normalized spacial score (nSPS) is 19.2. The van der Waals surface area contributed by atoms with E-state index in [1.807, 2.05) is 12.1 Å². The molecule has 3 rings (SSSR count). The largest absolute Gasteiger partial charge is 0.497 e. The number of benzene rings is 1. The number of methoxy groups -OCH3 is 1. The molecule has 1 saturated carbocycles. The molecule has 1 heterocycles. The number of halogens is 1. The minimum Gasteiger partial charge on any atom is -0.497 e. The zero-order valence-electron chi connectivity index (χ0n) is 18.9. The molecule has 7 nitrogen and oxygen atoms in total. The summed E-state index contributed by atoms with van der Waals surface area (Å²) in [5, 5.41) is 6.73. The molecule has 1 aliphatic heterocycles. The maximum Gasteiger partial charge on any atom is 0.191 e. The van der Waals surface area contributed by atoms with Gasteiger partial charge >= 0.3 is 0 Å². The average molecular weight is 547 g/mol. The van der Waals surface area contributed by atoms with E-state index < -0.39 is 0 Å². The third-order valence-electron chi connectivity index (χ3n) is 5.63. The van der Waals surface area contributed by atoms with E-state index in [9.17, 15) is 0 Å². The predicted molar refractivity (Wildman–Crippen MR) is 134 cm³/mol. The van der Waals surface area contributed by atoms with E-state index >= 15 is 0 Å². The van der Waals surface area contributed by atoms with Crippen LogP contribution >= 0.6 is 24.0 Å². The highest BCUT2D eigenvalue weighted by Crippen LogP contribution is 2.30. The molecule has 1 aromatic rings. The third-order valence-corrected chi connectivity index (χ3v) is 5.63. The molecule has 1 aliphatic carbocycles. The van der Waals surface area contributed by atoms with Crippen LogP contribution in [0.25, 0.3) is 0 Å². The minimum absolute atomic E-state index is 0. The maximum absolute atomic E-state index is 6.28. The smallest absolute Gasteiger partial charge is 0.191 e. The number of rotatable bonds is 11. The summed E-state index contributed by atoms with van der Waals surface area (Å²) in [7, 11) is 3.47. The van der Waals surface area contributed by atoms with E-state index in [-0.39, 0.29) is 30.1 Å². The first kappa shape index (κ1) is 26.0. The Kier molecular flexibility index (Phi) is 12.4. The number of hydrogen-bond acceptors (Lipinski definition) is 5. The summed E-state index contributed by atoms with van der Waals surface area (Å²) >= 11 is 0. The summed E-state index contributed by atoms with van der Waals surface area (Å²) < 4.78 is 22.9. The van der Waals surface area contributed by atoms with Gasteiger partial charge in [-0.3, -0.25) is 4.99 Å². The summed E-state index contributed by atoms with van der Waals surface area (Å²) in [5.74, 6) is 2.49. The standard InChI is InChI=1S/C23H37N3O4.HI/c1-24-23(25-12-6-13-28-17-21-9-5-14-29-21)26-16-18-10-11-20(27-2)15-22(18)30-19-7-3-4-8-19;/h10-11,15,19,21H,3-9,12-14,16-17H2,1-2H3,(H2,24,25,26);1H. The van der Waals surface area contributed by atoms with E-state index in [0.29, 0.717) is 19.3 Å². The first-order chi connectivity index (χ1) is 14.8. The van der Waals surface area contributed by atoms with Crippen LogP contribution in [0.1, 0.15) is 50.5 Å². The number of ether oxygens (including phenoxy) is 4. The second-order valence-electron chi connectivity index (χ2n) is 7.91. The second-order valence-corrected chi connectivity index (χ2v) is 7.91. The van der Waals surface area contributed by atoms with Crippen molar-refractivity contribution in [2.75, 3.05) is 40.5 Å². The summed E-state index contributed by atoms with van der Waals surface area (Å²) in [5.41, 5.74) is 1.10. The van der Waals surface area contributed by atoms with Gasteiger partial charge < -0.3 is 29.6 Å². The Bertz CT molecular complexity index is 662. The molecule has 2 N–H and O–H groups in total.